The van der Waals surface area contributed by atoms with Crippen molar-refractivity contribution in [2.75, 3.05) is 19.6 Å². The highest BCUT2D eigenvalue weighted by Gasteiger charge is 2.23. The summed E-state index contributed by atoms with van der Waals surface area (Å²) in [7, 11) is 0. The van der Waals surface area contributed by atoms with Crippen molar-refractivity contribution in [3.8, 4) is 0 Å². The fraction of sp³-hybridized carbons (Fsp3) is 0.500. The van der Waals surface area contributed by atoms with Crippen LogP contribution in [0.25, 0.3) is 0 Å². The number of carbonyl (C=O) groups is 1. The number of nitrogens with one attached hydrogen (secondary N) is 1. The second kappa shape index (κ2) is 8.23. The molecule has 0 unspecified atom stereocenters. The summed E-state index contributed by atoms with van der Waals surface area (Å²) in [4.78, 5) is 14.7. The number of amides is 1. The van der Waals surface area contributed by atoms with Crippen molar-refractivity contribution in [1.29, 1.82) is 0 Å². The van der Waals surface area contributed by atoms with Gasteiger partial charge in [-0.3, -0.25) is 14.4 Å². The quantitative estimate of drug-likeness (QED) is 0.845. The molecule has 0 saturated carbocycles. The Kier molecular flexibility index (Phi) is 5.99. The molecule has 0 radical (unpaired) electrons. The topological polar surface area (TPSA) is 50.2 Å². The molecular weight excluding hydrogens is 348 g/mol. The zero-order valence-electron chi connectivity index (χ0n) is 15.8. The van der Waals surface area contributed by atoms with E-state index >= 15 is 0 Å². The van der Waals surface area contributed by atoms with Gasteiger partial charge >= 0.3 is 0 Å². The molecule has 3 rings (SSSR count). The van der Waals surface area contributed by atoms with Crippen molar-refractivity contribution in [2.24, 2.45) is 5.92 Å². The van der Waals surface area contributed by atoms with Gasteiger partial charge in [-0.1, -0.05) is 35.9 Å². The minimum absolute atomic E-state index is 0.00961. The molecule has 0 aliphatic carbocycles. The van der Waals surface area contributed by atoms with Crippen LogP contribution in [-0.4, -0.2) is 40.2 Å². The molecule has 1 saturated heterocycles. The van der Waals surface area contributed by atoms with Crippen LogP contribution in [0.5, 0.6) is 0 Å². The minimum Gasteiger partial charge on any atom is -0.354 e. The molecule has 1 aliphatic heterocycles. The first-order valence-electron chi connectivity index (χ1n) is 9.17. The maximum atomic E-state index is 12.2. The van der Waals surface area contributed by atoms with Crippen molar-refractivity contribution >= 4 is 17.5 Å². The molecule has 1 aromatic carbocycles. The standard InChI is InChI=1S/C20H27ClN4O/c1-14-6-4-5-7-18(14)12-24-9-8-17(11-24)10-22-19(26)13-25-16(3)20(21)15(2)23-25/h4-7,17H,8-13H2,1-3H3,(H,22,26)/t17-/m1/s1. The number of hydrogen-bond acceptors (Lipinski definition) is 3. The highest BCUT2D eigenvalue weighted by atomic mass is 35.5. The third-order valence-electron chi connectivity index (χ3n) is 5.20. The molecule has 1 aromatic heterocycles. The van der Waals surface area contributed by atoms with Crippen LogP contribution in [0.15, 0.2) is 24.3 Å². The van der Waals surface area contributed by atoms with Crippen LogP contribution in [0.3, 0.4) is 0 Å². The molecule has 2 aromatic rings. The van der Waals surface area contributed by atoms with Crippen molar-refractivity contribution in [1.82, 2.24) is 20.0 Å². The van der Waals surface area contributed by atoms with Crippen LogP contribution >= 0.6 is 11.6 Å². The maximum absolute atomic E-state index is 12.2. The predicted molar refractivity (Wildman–Crippen MR) is 104 cm³/mol. The van der Waals surface area contributed by atoms with Crippen LogP contribution in [-0.2, 0) is 17.9 Å². The fourth-order valence-corrected chi connectivity index (χ4v) is 3.67. The van der Waals surface area contributed by atoms with Gasteiger partial charge in [0.1, 0.15) is 6.54 Å². The number of halogens is 1. The molecular formula is C20H27ClN4O. The number of hydrogen-bond donors (Lipinski definition) is 1. The SMILES string of the molecule is Cc1ccccc1CN1CC[C@H](CNC(=O)Cn2nc(C)c(Cl)c2C)C1. The summed E-state index contributed by atoms with van der Waals surface area (Å²) in [6.45, 7) is 9.94. The molecule has 6 heteroatoms. The molecule has 2 heterocycles. The van der Waals surface area contributed by atoms with Crippen LogP contribution < -0.4 is 5.32 Å². The van der Waals surface area contributed by atoms with Gasteiger partial charge in [0.05, 0.1) is 16.4 Å². The Morgan fingerprint density at radius 2 is 2.08 bits per heavy atom. The molecule has 0 bridgehead atoms. The smallest absolute Gasteiger partial charge is 0.241 e. The Bertz CT molecular complexity index is 786. The number of benzene rings is 1. The molecule has 1 amide bonds. The van der Waals surface area contributed by atoms with E-state index in [9.17, 15) is 4.79 Å². The first-order valence-corrected chi connectivity index (χ1v) is 9.55. The molecule has 1 aliphatic rings. The van der Waals surface area contributed by atoms with Gasteiger partial charge in [0, 0.05) is 19.6 Å². The lowest BCUT2D eigenvalue weighted by atomic mass is 10.1. The van der Waals surface area contributed by atoms with E-state index in [1.165, 1.54) is 11.1 Å². The normalized spacial score (nSPS) is 17.6. The third kappa shape index (κ3) is 4.46. The van der Waals surface area contributed by atoms with Crippen molar-refractivity contribution in [2.45, 2.75) is 40.3 Å². The number of carbonyl (C=O) groups excluding carboxylic acids is 1. The Morgan fingerprint density at radius 1 is 1.31 bits per heavy atom. The summed E-state index contributed by atoms with van der Waals surface area (Å²) in [5.74, 6) is 0.497. The van der Waals surface area contributed by atoms with Crippen LogP contribution in [0, 0.1) is 26.7 Å². The largest absolute Gasteiger partial charge is 0.354 e. The number of nitrogens with zero attached hydrogens (tertiary/aromatic N) is 3. The lowest BCUT2D eigenvalue weighted by Crippen LogP contribution is -2.33. The Morgan fingerprint density at radius 3 is 2.77 bits per heavy atom. The number of aryl methyl sites for hydroxylation is 2. The summed E-state index contributed by atoms with van der Waals surface area (Å²) in [6, 6.07) is 8.54. The van der Waals surface area contributed by atoms with E-state index < -0.39 is 0 Å². The zero-order chi connectivity index (χ0) is 18.7. The van der Waals surface area contributed by atoms with E-state index in [1.807, 2.05) is 13.8 Å². The van der Waals surface area contributed by atoms with Gasteiger partial charge in [-0.2, -0.15) is 5.10 Å². The summed E-state index contributed by atoms with van der Waals surface area (Å²) in [5, 5.41) is 8.01. The summed E-state index contributed by atoms with van der Waals surface area (Å²) in [6.07, 6.45) is 1.12. The Hall–Kier alpha value is -1.85. The molecule has 140 valence electrons. The molecule has 0 spiro atoms. The molecule has 1 N–H and O–H groups in total. The van der Waals surface area contributed by atoms with Crippen molar-refractivity contribution in [3.63, 3.8) is 0 Å². The first-order chi connectivity index (χ1) is 12.4. The first kappa shape index (κ1) is 18.9. The molecule has 1 fully saturated rings. The number of rotatable bonds is 6. The zero-order valence-corrected chi connectivity index (χ0v) is 16.5. The summed E-state index contributed by atoms with van der Waals surface area (Å²) < 4.78 is 1.67. The van der Waals surface area contributed by atoms with Gasteiger partial charge in [0.15, 0.2) is 0 Å². The minimum atomic E-state index is -0.00961. The maximum Gasteiger partial charge on any atom is 0.241 e. The van der Waals surface area contributed by atoms with Crippen molar-refractivity contribution in [3.05, 3.63) is 51.8 Å². The number of aromatic nitrogens is 2. The van der Waals surface area contributed by atoms with Gasteiger partial charge in [-0.25, -0.2) is 0 Å². The van der Waals surface area contributed by atoms with E-state index in [1.54, 1.807) is 4.68 Å². The third-order valence-corrected chi connectivity index (χ3v) is 5.75. The van der Waals surface area contributed by atoms with Gasteiger partial charge in [-0.15, -0.1) is 0 Å². The van der Waals surface area contributed by atoms with Gasteiger partial charge < -0.3 is 5.32 Å². The van der Waals surface area contributed by atoms with Gasteiger partial charge in [0.25, 0.3) is 0 Å². The second-order valence-corrected chi connectivity index (χ2v) is 7.64. The van der Waals surface area contributed by atoms with E-state index in [2.05, 4.69) is 46.5 Å². The second-order valence-electron chi connectivity index (χ2n) is 7.26. The van der Waals surface area contributed by atoms with E-state index in [0.29, 0.717) is 10.9 Å². The van der Waals surface area contributed by atoms with Gasteiger partial charge in [0.2, 0.25) is 5.91 Å². The van der Waals surface area contributed by atoms with Gasteiger partial charge in [-0.05, 0) is 50.8 Å². The average molecular weight is 375 g/mol. The number of likely N-dealkylation sites (tertiary alicyclic amines) is 1. The van der Waals surface area contributed by atoms with Crippen LogP contribution in [0.1, 0.15) is 28.9 Å². The summed E-state index contributed by atoms with van der Waals surface area (Å²) in [5.41, 5.74) is 4.33. The van der Waals surface area contributed by atoms with E-state index in [-0.39, 0.29) is 12.5 Å². The van der Waals surface area contributed by atoms with Crippen LogP contribution in [0.2, 0.25) is 5.02 Å². The Labute approximate surface area is 160 Å². The highest BCUT2D eigenvalue weighted by Crippen LogP contribution is 2.20. The average Bonchev–Trinajstić information content (AvgIpc) is 3.16. The lowest BCUT2D eigenvalue weighted by Gasteiger charge is -2.17. The molecule has 5 nitrogen and oxygen atoms in total. The van der Waals surface area contributed by atoms with E-state index in [4.69, 9.17) is 11.6 Å². The fourth-order valence-electron chi connectivity index (χ4n) is 3.53. The lowest BCUT2D eigenvalue weighted by molar-refractivity contribution is -0.122. The predicted octanol–water partition coefficient (Wildman–Crippen LogP) is 3.10. The van der Waals surface area contributed by atoms with Crippen molar-refractivity contribution < 1.29 is 4.79 Å². The monoisotopic (exact) mass is 374 g/mol. The Balaban J connectivity index is 1.45. The molecule has 26 heavy (non-hydrogen) atoms. The van der Waals surface area contributed by atoms with E-state index in [0.717, 1.165) is 44.0 Å². The van der Waals surface area contributed by atoms with Crippen LogP contribution in [0.4, 0.5) is 0 Å². The summed E-state index contributed by atoms with van der Waals surface area (Å²) >= 11 is 6.14. The molecule has 1 atom stereocenters. The highest BCUT2D eigenvalue weighted by molar-refractivity contribution is 6.31.